The van der Waals surface area contributed by atoms with Gasteiger partial charge in [0.1, 0.15) is 17.5 Å². The van der Waals surface area contributed by atoms with Gasteiger partial charge in [0.2, 0.25) is 0 Å². The predicted octanol–water partition coefficient (Wildman–Crippen LogP) is 2.75. The molecular weight excluding hydrogens is 285 g/mol. The Hall–Kier alpha value is -2.50. The fourth-order valence-electron chi connectivity index (χ4n) is 2.19. The number of nitrogens with zero attached hydrogens (tertiary/aromatic N) is 3. The zero-order valence-electron chi connectivity index (χ0n) is 12.6. The van der Waals surface area contributed by atoms with E-state index in [0.29, 0.717) is 30.3 Å². The first-order valence-corrected chi connectivity index (χ1v) is 7.14. The van der Waals surface area contributed by atoms with Crippen LogP contribution in [0.1, 0.15) is 35.7 Å². The van der Waals surface area contributed by atoms with Crippen LogP contribution in [0.2, 0.25) is 0 Å². The van der Waals surface area contributed by atoms with Crippen LogP contribution >= 0.6 is 0 Å². The van der Waals surface area contributed by atoms with Crippen molar-refractivity contribution >= 4 is 11.8 Å². The van der Waals surface area contributed by atoms with Crippen molar-refractivity contribution in [1.29, 1.82) is 0 Å². The quantitative estimate of drug-likeness (QED) is 0.889. The number of benzene rings is 1. The highest BCUT2D eigenvalue weighted by Gasteiger charge is 2.14. The summed E-state index contributed by atoms with van der Waals surface area (Å²) >= 11 is 0. The Bertz CT molecular complexity index is 672. The number of aromatic carboxylic acids is 1. The molecule has 0 aliphatic heterocycles. The van der Waals surface area contributed by atoms with Gasteiger partial charge in [-0.2, -0.15) is 0 Å². The number of anilines is 1. The minimum Gasteiger partial charge on any atom is -0.477 e. The minimum atomic E-state index is -1.12. The molecule has 0 unspecified atom stereocenters. The van der Waals surface area contributed by atoms with E-state index < -0.39 is 5.97 Å². The molecule has 2 rings (SSSR count). The summed E-state index contributed by atoms with van der Waals surface area (Å²) in [7, 11) is 0. The van der Waals surface area contributed by atoms with Gasteiger partial charge in [-0.1, -0.05) is 18.2 Å². The van der Waals surface area contributed by atoms with Gasteiger partial charge >= 0.3 is 5.97 Å². The molecule has 0 atom stereocenters. The molecule has 1 aromatic carbocycles. The van der Waals surface area contributed by atoms with Crippen LogP contribution in [0.15, 0.2) is 30.3 Å². The molecule has 2 aromatic rings. The van der Waals surface area contributed by atoms with Gasteiger partial charge in [-0.15, -0.1) is 0 Å². The number of hydrogen-bond donors (Lipinski definition) is 1. The molecule has 6 heteroatoms. The number of hydrogen-bond acceptors (Lipinski definition) is 4. The topological polar surface area (TPSA) is 66.3 Å². The zero-order valence-corrected chi connectivity index (χ0v) is 12.6. The van der Waals surface area contributed by atoms with Crippen LogP contribution in [-0.2, 0) is 6.42 Å². The van der Waals surface area contributed by atoms with Crippen molar-refractivity contribution in [3.63, 3.8) is 0 Å². The van der Waals surface area contributed by atoms with Crippen molar-refractivity contribution in [2.24, 2.45) is 0 Å². The van der Waals surface area contributed by atoms with Crippen molar-refractivity contribution in [2.45, 2.75) is 20.3 Å². The molecule has 0 aliphatic rings. The average Bonchev–Trinajstić information content (AvgIpc) is 2.50. The minimum absolute atomic E-state index is 0.0803. The van der Waals surface area contributed by atoms with E-state index in [1.807, 2.05) is 18.7 Å². The van der Waals surface area contributed by atoms with Crippen LogP contribution in [0, 0.1) is 5.82 Å². The summed E-state index contributed by atoms with van der Waals surface area (Å²) in [5.74, 6) is -0.627. The number of carbonyl (C=O) groups is 1. The van der Waals surface area contributed by atoms with Gasteiger partial charge in [-0.25, -0.2) is 19.2 Å². The summed E-state index contributed by atoms with van der Waals surface area (Å²) < 4.78 is 13.7. The van der Waals surface area contributed by atoms with E-state index in [1.54, 1.807) is 18.2 Å². The molecule has 1 heterocycles. The normalized spacial score (nSPS) is 10.5. The molecule has 22 heavy (non-hydrogen) atoms. The predicted molar refractivity (Wildman–Crippen MR) is 81.8 cm³/mol. The summed E-state index contributed by atoms with van der Waals surface area (Å²) in [6, 6.07) is 7.78. The zero-order chi connectivity index (χ0) is 16.1. The van der Waals surface area contributed by atoms with Crippen LogP contribution < -0.4 is 4.90 Å². The largest absolute Gasteiger partial charge is 0.477 e. The summed E-state index contributed by atoms with van der Waals surface area (Å²) in [6.07, 6.45) is 0.155. The molecule has 0 fully saturated rings. The standard InChI is InChI=1S/C16H18FN3O2/c1-3-20(4-2)15-10-13(16(21)22)18-14(19-15)9-11-7-5-6-8-12(11)17/h5-8,10H,3-4,9H2,1-2H3,(H,21,22). The maximum absolute atomic E-state index is 13.7. The Kier molecular flexibility index (Phi) is 5.04. The first-order valence-electron chi connectivity index (χ1n) is 7.14. The van der Waals surface area contributed by atoms with Crippen LogP contribution in [0.5, 0.6) is 0 Å². The number of rotatable bonds is 6. The van der Waals surface area contributed by atoms with Crippen molar-refractivity contribution in [2.75, 3.05) is 18.0 Å². The fraction of sp³-hybridized carbons (Fsp3) is 0.312. The Morgan fingerprint density at radius 1 is 1.23 bits per heavy atom. The third-order valence-electron chi connectivity index (χ3n) is 3.37. The van der Waals surface area contributed by atoms with Crippen LogP contribution in [-0.4, -0.2) is 34.1 Å². The Morgan fingerprint density at radius 2 is 1.91 bits per heavy atom. The lowest BCUT2D eigenvalue weighted by atomic mass is 10.1. The SMILES string of the molecule is CCN(CC)c1cc(C(=O)O)nc(Cc2ccccc2F)n1. The second kappa shape index (κ2) is 6.98. The molecule has 0 radical (unpaired) electrons. The summed E-state index contributed by atoms with van der Waals surface area (Å²) in [5.41, 5.74) is 0.360. The van der Waals surface area contributed by atoms with Gasteiger partial charge in [0.25, 0.3) is 0 Å². The van der Waals surface area contributed by atoms with Crippen molar-refractivity contribution in [3.8, 4) is 0 Å². The smallest absolute Gasteiger partial charge is 0.354 e. The molecule has 0 amide bonds. The maximum Gasteiger partial charge on any atom is 0.354 e. The van der Waals surface area contributed by atoms with Crippen molar-refractivity contribution in [3.05, 3.63) is 53.2 Å². The molecule has 0 bridgehead atoms. The summed E-state index contributed by atoms with van der Waals surface area (Å²) in [4.78, 5) is 21.6. The van der Waals surface area contributed by atoms with E-state index in [9.17, 15) is 14.3 Å². The van der Waals surface area contributed by atoms with E-state index in [0.717, 1.165) is 0 Å². The van der Waals surface area contributed by atoms with Gasteiger partial charge < -0.3 is 10.0 Å². The van der Waals surface area contributed by atoms with Crippen LogP contribution in [0.3, 0.4) is 0 Å². The second-order valence-corrected chi connectivity index (χ2v) is 4.77. The summed E-state index contributed by atoms with van der Waals surface area (Å²) in [6.45, 7) is 5.32. The first-order chi connectivity index (χ1) is 10.5. The lowest BCUT2D eigenvalue weighted by Crippen LogP contribution is -2.24. The lowest BCUT2D eigenvalue weighted by Gasteiger charge is -2.20. The maximum atomic E-state index is 13.7. The highest BCUT2D eigenvalue weighted by Crippen LogP contribution is 2.16. The van der Waals surface area contributed by atoms with Gasteiger partial charge in [-0.05, 0) is 25.5 Å². The average molecular weight is 303 g/mol. The Balaban J connectivity index is 2.42. The Morgan fingerprint density at radius 3 is 2.50 bits per heavy atom. The molecule has 116 valence electrons. The van der Waals surface area contributed by atoms with E-state index in [4.69, 9.17) is 0 Å². The molecule has 1 N–H and O–H groups in total. The fourth-order valence-corrected chi connectivity index (χ4v) is 2.19. The molecule has 0 aliphatic carbocycles. The Labute approximate surface area is 128 Å². The molecule has 0 spiro atoms. The second-order valence-electron chi connectivity index (χ2n) is 4.77. The lowest BCUT2D eigenvalue weighted by molar-refractivity contribution is 0.0690. The van der Waals surface area contributed by atoms with E-state index in [-0.39, 0.29) is 17.9 Å². The van der Waals surface area contributed by atoms with Gasteiger partial charge in [0, 0.05) is 25.6 Å². The highest BCUT2D eigenvalue weighted by atomic mass is 19.1. The van der Waals surface area contributed by atoms with E-state index >= 15 is 0 Å². The number of carboxylic acids is 1. The third-order valence-corrected chi connectivity index (χ3v) is 3.37. The molecule has 1 aromatic heterocycles. The highest BCUT2D eigenvalue weighted by molar-refractivity contribution is 5.86. The number of aromatic nitrogens is 2. The van der Waals surface area contributed by atoms with Crippen molar-refractivity contribution in [1.82, 2.24) is 9.97 Å². The molecule has 5 nitrogen and oxygen atoms in total. The number of carboxylic acid groups (broad SMARTS) is 1. The van der Waals surface area contributed by atoms with Crippen LogP contribution in [0.4, 0.5) is 10.2 Å². The van der Waals surface area contributed by atoms with Gasteiger partial charge in [-0.3, -0.25) is 0 Å². The van der Waals surface area contributed by atoms with E-state index in [2.05, 4.69) is 9.97 Å². The van der Waals surface area contributed by atoms with Crippen LogP contribution in [0.25, 0.3) is 0 Å². The molecular formula is C16H18FN3O2. The first kappa shape index (κ1) is 15.9. The molecule has 0 saturated heterocycles. The summed E-state index contributed by atoms with van der Waals surface area (Å²) in [5, 5.41) is 9.20. The van der Waals surface area contributed by atoms with E-state index in [1.165, 1.54) is 12.1 Å². The van der Waals surface area contributed by atoms with Gasteiger partial charge in [0.15, 0.2) is 5.69 Å². The monoisotopic (exact) mass is 303 g/mol. The van der Waals surface area contributed by atoms with Gasteiger partial charge in [0.05, 0.1) is 0 Å². The number of halogens is 1. The molecule has 0 saturated carbocycles. The third kappa shape index (κ3) is 3.58. The van der Waals surface area contributed by atoms with Crippen molar-refractivity contribution < 1.29 is 14.3 Å².